The molecule has 0 spiro atoms. The molecule has 2 atom stereocenters. The number of carbonyl (C=O) groups is 3. The molecule has 1 rings (SSSR count). The third-order valence-electron chi connectivity index (χ3n) is 3.38. The number of carbonyl (C=O) groups excluding carboxylic acids is 3. The summed E-state index contributed by atoms with van der Waals surface area (Å²) < 4.78 is 5.45. The lowest BCUT2D eigenvalue weighted by Crippen LogP contribution is -2.51. The van der Waals surface area contributed by atoms with Crippen molar-refractivity contribution in [2.75, 3.05) is 6.54 Å². The first-order chi connectivity index (χ1) is 10.5. The van der Waals surface area contributed by atoms with Gasteiger partial charge in [-0.3, -0.25) is 9.59 Å². The van der Waals surface area contributed by atoms with Crippen LogP contribution >= 0.6 is 12.2 Å². The van der Waals surface area contributed by atoms with Crippen LogP contribution in [0.2, 0.25) is 0 Å². The standard InChI is InChI=1S/C16H26N2O4S/c1-10(19)9-12(17-11(2)20)14(23)18-8-6-7-13(18)15(21)22-16(3,4)5/h12-13H,6-9H2,1-5H3,(H,17,20)/t12-,13+/m1/s1. The van der Waals surface area contributed by atoms with Gasteiger partial charge in [-0.1, -0.05) is 12.2 Å². The van der Waals surface area contributed by atoms with Gasteiger partial charge < -0.3 is 15.0 Å². The molecule has 0 aromatic rings. The molecule has 0 aromatic carbocycles. The first kappa shape index (κ1) is 19.5. The monoisotopic (exact) mass is 342 g/mol. The van der Waals surface area contributed by atoms with Gasteiger partial charge in [0.1, 0.15) is 22.4 Å². The van der Waals surface area contributed by atoms with Crippen LogP contribution in [0.25, 0.3) is 0 Å². The molecule has 0 radical (unpaired) electrons. The van der Waals surface area contributed by atoms with E-state index in [1.54, 1.807) is 4.90 Å². The zero-order valence-electron chi connectivity index (χ0n) is 14.5. The second kappa shape index (κ2) is 7.86. The zero-order chi connectivity index (χ0) is 17.8. The fourth-order valence-corrected chi connectivity index (χ4v) is 2.94. The van der Waals surface area contributed by atoms with Gasteiger partial charge in [0.05, 0.1) is 6.04 Å². The summed E-state index contributed by atoms with van der Waals surface area (Å²) >= 11 is 5.46. The van der Waals surface area contributed by atoms with Crippen LogP contribution in [0.15, 0.2) is 0 Å². The average molecular weight is 342 g/mol. The predicted octanol–water partition coefficient (Wildman–Crippen LogP) is 1.60. The second-order valence-electron chi connectivity index (χ2n) is 6.88. The molecule has 1 fully saturated rings. The number of Topliss-reactive ketones (excluding diaryl/α,β-unsaturated/α-hetero) is 1. The molecule has 0 bridgehead atoms. The molecular formula is C16H26N2O4S. The first-order valence-corrected chi connectivity index (χ1v) is 8.22. The first-order valence-electron chi connectivity index (χ1n) is 7.81. The predicted molar refractivity (Wildman–Crippen MR) is 91.1 cm³/mol. The number of ether oxygens (including phenoxy) is 1. The Morgan fingerprint density at radius 3 is 2.39 bits per heavy atom. The smallest absolute Gasteiger partial charge is 0.329 e. The molecule has 0 unspecified atom stereocenters. The molecule has 1 aliphatic rings. The van der Waals surface area contributed by atoms with Crippen LogP contribution in [-0.4, -0.2) is 51.8 Å². The van der Waals surface area contributed by atoms with Crippen molar-refractivity contribution in [1.82, 2.24) is 10.2 Å². The second-order valence-corrected chi connectivity index (χ2v) is 7.30. The van der Waals surface area contributed by atoms with E-state index in [1.807, 2.05) is 20.8 Å². The Kier molecular flexibility index (Phi) is 6.68. The van der Waals surface area contributed by atoms with E-state index < -0.39 is 17.7 Å². The van der Waals surface area contributed by atoms with E-state index in [-0.39, 0.29) is 24.1 Å². The number of thiocarbonyl (C=S) groups is 1. The minimum absolute atomic E-state index is 0.0703. The van der Waals surface area contributed by atoms with Gasteiger partial charge in [0.2, 0.25) is 5.91 Å². The minimum atomic E-state index is -0.567. The van der Waals surface area contributed by atoms with Gasteiger partial charge in [0, 0.05) is 19.9 Å². The zero-order valence-corrected chi connectivity index (χ0v) is 15.3. The number of likely N-dealkylation sites (tertiary alicyclic amines) is 1. The van der Waals surface area contributed by atoms with Crippen molar-refractivity contribution in [2.45, 2.75) is 71.6 Å². The summed E-state index contributed by atoms with van der Waals surface area (Å²) in [5.41, 5.74) is -0.566. The maximum atomic E-state index is 12.4. The third kappa shape index (κ3) is 6.25. The van der Waals surface area contributed by atoms with E-state index in [0.717, 1.165) is 6.42 Å². The molecular weight excluding hydrogens is 316 g/mol. The number of hydrogen-bond acceptors (Lipinski definition) is 5. The maximum Gasteiger partial charge on any atom is 0.329 e. The van der Waals surface area contributed by atoms with Gasteiger partial charge in [-0.2, -0.15) is 0 Å². The fraction of sp³-hybridized carbons (Fsp3) is 0.750. The summed E-state index contributed by atoms with van der Waals surface area (Å²) in [5, 5.41) is 2.70. The summed E-state index contributed by atoms with van der Waals surface area (Å²) in [6.45, 7) is 8.91. The topological polar surface area (TPSA) is 75.7 Å². The highest BCUT2D eigenvalue weighted by molar-refractivity contribution is 7.80. The van der Waals surface area contributed by atoms with Gasteiger partial charge in [0.15, 0.2) is 0 Å². The molecule has 7 heteroatoms. The highest BCUT2D eigenvalue weighted by atomic mass is 32.1. The molecule has 0 aliphatic carbocycles. The number of nitrogens with zero attached hydrogens (tertiary/aromatic N) is 1. The van der Waals surface area contributed by atoms with Crippen molar-refractivity contribution in [1.29, 1.82) is 0 Å². The Bertz CT molecular complexity index is 483. The Labute approximate surface area is 142 Å². The van der Waals surface area contributed by atoms with E-state index >= 15 is 0 Å². The van der Waals surface area contributed by atoms with Crippen LogP contribution in [0.1, 0.15) is 53.9 Å². The third-order valence-corrected chi connectivity index (χ3v) is 3.90. The van der Waals surface area contributed by atoms with E-state index in [1.165, 1.54) is 13.8 Å². The van der Waals surface area contributed by atoms with Crippen molar-refractivity contribution in [2.24, 2.45) is 0 Å². The molecule has 1 N–H and O–H groups in total. The number of amides is 1. The summed E-state index contributed by atoms with van der Waals surface area (Å²) in [7, 11) is 0. The molecule has 0 saturated carbocycles. The van der Waals surface area contributed by atoms with Gasteiger partial charge in [-0.15, -0.1) is 0 Å². The molecule has 1 amide bonds. The number of nitrogens with one attached hydrogen (secondary N) is 1. The summed E-state index contributed by atoms with van der Waals surface area (Å²) in [4.78, 5) is 37.4. The summed E-state index contributed by atoms with van der Waals surface area (Å²) in [6.07, 6.45) is 1.59. The normalized spacial score (nSPS) is 19.2. The van der Waals surface area contributed by atoms with Crippen LogP contribution in [0.3, 0.4) is 0 Å². The summed E-state index contributed by atoms with van der Waals surface area (Å²) in [6, 6.07) is -1.02. The van der Waals surface area contributed by atoms with Crippen molar-refractivity contribution in [3.63, 3.8) is 0 Å². The minimum Gasteiger partial charge on any atom is -0.458 e. The van der Waals surface area contributed by atoms with Gasteiger partial charge in [-0.05, 0) is 40.5 Å². The Hall–Kier alpha value is -1.50. The van der Waals surface area contributed by atoms with Gasteiger partial charge in [0.25, 0.3) is 0 Å². The largest absolute Gasteiger partial charge is 0.458 e. The number of hydrogen-bond donors (Lipinski definition) is 1. The van der Waals surface area contributed by atoms with Crippen molar-refractivity contribution >= 4 is 34.9 Å². The highest BCUT2D eigenvalue weighted by Crippen LogP contribution is 2.23. The Morgan fingerprint density at radius 1 is 1.30 bits per heavy atom. The molecule has 0 aromatic heterocycles. The quantitative estimate of drug-likeness (QED) is 0.604. The molecule has 23 heavy (non-hydrogen) atoms. The lowest BCUT2D eigenvalue weighted by Gasteiger charge is -2.32. The molecule has 6 nitrogen and oxygen atoms in total. The highest BCUT2D eigenvalue weighted by Gasteiger charge is 2.37. The summed E-state index contributed by atoms with van der Waals surface area (Å²) in [5.74, 6) is -0.646. The fourth-order valence-electron chi connectivity index (χ4n) is 2.58. The Morgan fingerprint density at radius 2 is 1.91 bits per heavy atom. The lowest BCUT2D eigenvalue weighted by molar-refractivity contribution is -0.159. The van der Waals surface area contributed by atoms with Gasteiger partial charge in [-0.25, -0.2) is 4.79 Å². The van der Waals surface area contributed by atoms with Crippen LogP contribution in [0, 0.1) is 0 Å². The van der Waals surface area contributed by atoms with Crippen molar-refractivity contribution < 1.29 is 19.1 Å². The van der Waals surface area contributed by atoms with E-state index in [0.29, 0.717) is 18.0 Å². The SMILES string of the molecule is CC(=O)C[C@@H](NC(C)=O)C(=S)N1CCC[C@H]1C(=O)OC(C)(C)C. The maximum absolute atomic E-state index is 12.4. The average Bonchev–Trinajstić information content (AvgIpc) is 2.82. The van der Waals surface area contributed by atoms with Crippen LogP contribution in [0.5, 0.6) is 0 Å². The van der Waals surface area contributed by atoms with E-state index in [4.69, 9.17) is 17.0 Å². The van der Waals surface area contributed by atoms with E-state index in [9.17, 15) is 14.4 Å². The number of esters is 1. The van der Waals surface area contributed by atoms with Crippen molar-refractivity contribution in [3.8, 4) is 0 Å². The molecule has 1 aliphatic heterocycles. The van der Waals surface area contributed by atoms with Crippen LogP contribution in [0.4, 0.5) is 0 Å². The van der Waals surface area contributed by atoms with Gasteiger partial charge >= 0.3 is 5.97 Å². The van der Waals surface area contributed by atoms with Crippen molar-refractivity contribution in [3.05, 3.63) is 0 Å². The number of ketones is 1. The Balaban J connectivity index is 2.87. The lowest BCUT2D eigenvalue weighted by atomic mass is 10.1. The molecule has 1 saturated heterocycles. The molecule has 130 valence electrons. The molecule has 1 heterocycles. The number of rotatable bonds is 5. The van der Waals surface area contributed by atoms with Crippen LogP contribution < -0.4 is 5.32 Å². The van der Waals surface area contributed by atoms with Crippen LogP contribution in [-0.2, 0) is 19.1 Å². The van der Waals surface area contributed by atoms with E-state index in [2.05, 4.69) is 5.32 Å².